The molecule has 18 heavy (non-hydrogen) atoms. The van der Waals surface area contributed by atoms with E-state index in [0.29, 0.717) is 17.9 Å². The summed E-state index contributed by atoms with van der Waals surface area (Å²) in [6, 6.07) is 3.67. The number of hydrogen-bond acceptors (Lipinski definition) is 1. The Morgan fingerprint density at radius 3 is 2.28 bits per heavy atom. The van der Waals surface area contributed by atoms with E-state index >= 15 is 0 Å². The second-order valence-corrected chi connectivity index (χ2v) is 5.48. The molecule has 1 saturated carbocycles. The van der Waals surface area contributed by atoms with Crippen LogP contribution in [-0.4, -0.2) is 6.04 Å². The predicted octanol–water partition coefficient (Wildman–Crippen LogP) is 3.81. The van der Waals surface area contributed by atoms with Crippen LogP contribution in [0.1, 0.15) is 44.1 Å². The molecule has 0 aromatic heterocycles. The lowest BCUT2D eigenvalue weighted by Gasteiger charge is -2.24. The van der Waals surface area contributed by atoms with Crippen molar-refractivity contribution in [1.82, 2.24) is 0 Å². The third-order valence-corrected chi connectivity index (χ3v) is 3.78. The first kappa shape index (κ1) is 13.5. The maximum absolute atomic E-state index is 13.1. The molecule has 1 unspecified atom stereocenters. The molecule has 1 aromatic carbocycles. The zero-order chi connectivity index (χ0) is 13.0. The Morgan fingerprint density at radius 2 is 1.67 bits per heavy atom. The van der Waals surface area contributed by atoms with Crippen molar-refractivity contribution in [3.05, 3.63) is 35.4 Å². The van der Waals surface area contributed by atoms with Crippen LogP contribution in [-0.2, 0) is 6.42 Å². The van der Waals surface area contributed by atoms with E-state index < -0.39 is 11.6 Å². The fourth-order valence-electron chi connectivity index (χ4n) is 2.97. The molecule has 2 rings (SSSR count). The number of nitrogens with two attached hydrogens (primary N) is 1. The molecule has 0 amide bonds. The third-order valence-electron chi connectivity index (χ3n) is 3.78. The zero-order valence-electron chi connectivity index (χ0n) is 10.7. The first-order valence-electron chi connectivity index (χ1n) is 6.84. The highest BCUT2D eigenvalue weighted by Gasteiger charge is 2.17. The topological polar surface area (TPSA) is 26.0 Å². The molecular formula is C15H21F2N. The van der Waals surface area contributed by atoms with Crippen molar-refractivity contribution in [2.75, 3.05) is 0 Å². The molecule has 0 bridgehead atoms. The molecular weight excluding hydrogens is 232 g/mol. The highest BCUT2D eigenvalue weighted by Crippen LogP contribution is 2.27. The van der Waals surface area contributed by atoms with Gasteiger partial charge in [-0.05, 0) is 36.5 Å². The van der Waals surface area contributed by atoms with Gasteiger partial charge in [-0.3, -0.25) is 0 Å². The van der Waals surface area contributed by atoms with Gasteiger partial charge in [0.2, 0.25) is 0 Å². The van der Waals surface area contributed by atoms with E-state index in [2.05, 4.69) is 0 Å². The smallest absolute Gasteiger partial charge is 0.126 e. The van der Waals surface area contributed by atoms with Crippen LogP contribution in [0.15, 0.2) is 18.2 Å². The molecule has 1 atom stereocenters. The quantitative estimate of drug-likeness (QED) is 0.867. The van der Waals surface area contributed by atoms with Crippen molar-refractivity contribution >= 4 is 0 Å². The molecule has 0 spiro atoms. The molecule has 100 valence electrons. The molecule has 0 heterocycles. The van der Waals surface area contributed by atoms with Gasteiger partial charge < -0.3 is 5.73 Å². The van der Waals surface area contributed by atoms with Gasteiger partial charge in [0.15, 0.2) is 0 Å². The molecule has 2 N–H and O–H groups in total. The van der Waals surface area contributed by atoms with E-state index in [-0.39, 0.29) is 6.04 Å². The standard InChI is InChI=1S/C15H21F2N/c16-13-6-12(7-14(17)10-13)9-15(18)8-11-4-2-1-3-5-11/h6-7,10-11,15H,1-5,8-9,18H2. The van der Waals surface area contributed by atoms with Crippen LogP contribution in [0.25, 0.3) is 0 Å². The molecule has 1 aliphatic rings. The van der Waals surface area contributed by atoms with Crippen molar-refractivity contribution in [2.24, 2.45) is 11.7 Å². The third kappa shape index (κ3) is 4.05. The Kier molecular flexibility index (Phi) is 4.70. The SMILES string of the molecule is NC(Cc1cc(F)cc(F)c1)CC1CCCCC1. The Labute approximate surface area is 107 Å². The summed E-state index contributed by atoms with van der Waals surface area (Å²) in [6.07, 6.45) is 7.97. The summed E-state index contributed by atoms with van der Waals surface area (Å²) in [7, 11) is 0. The summed E-state index contributed by atoms with van der Waals surface area (Å²) in [5.74, 6) is -0.336. The molecule has 3 heteroatoms. The second kappa shape index (κ2) is 6.28. The fraction of sp³-hybridized carbons (Fsp3) is 0.600. The Morgan fingerprint density at radius 1 is 1.06 bits per heavy atom. The maximum Gasteiger partial charge on any atom is 0.126 e. The summed E-state index contributed by atoms with van der Waals surface area (Å²) in [6.45, 7) is 0. The molecule has 0 saturated heterocycles. The Hall–Kier alpha value is -0.960. The number of rotatable bonds is 4. The highest BCUT2D eigenvalue weighted by molar-refractivity contribution is 5.18. The maximum atomic E-state index is 13.1. The number of halogens is 2. The highest BCUT2D eigenvalue weighted by atomic mass is 19.1. The Bertz CT molecular complexity index is 366. The molecule has 1 fully saturated rings. The van der Waals surface area contributed by atoms with Gasteiger partial charge in [0.05, 0.1) is 0 Å². The Balaban J connectivity index is 1.87. The molecule has 1 aliphatic carbocycles. The minimum atomic E-state index is -0.519. The van der Waals surface area contributed by atoms with E-state index in [1.165, 1.54) is 44.2 Å². The van der Waals surface area contributed by atoms with Gasteiger partial charge in [-0.1, -0.05) is 32.1 Å². The summed E-state index contributed by atoms with van der Waals surface area (Å²) < 4.78 is 26.1. The van der Waals surface area contributed by atoms with Crippen LogP contribution in [0, 0.1) is 17.6 Å². The van der Waals surface area contributed by atoms with Crippen LogP contribution in [0.4, 0.5) is 8.78 Å². The molecule has 1 aromatic rings. The summed E-state index contributed by atoms with van der Waals surface area (Å²) in [5.41, 5.74) is 6.75. The van der Waals surface area contributed by atoms with Crippen molar-refractivity contribution in [1.29, 1.82) is 0 Å². The van der Waals surface area contributed by atoms with Crippen LogP contribution >= 0.6 is 0 Å². The fourth-order valence-corrected chi connectivity index (χ4v) is 2.97. The molecule has 0 aliphatic heterocycles. The largest absolute Gasteiger partial charge is 0.327 e. The zero-order valence-corrected chi connectivity index (χ0v) is 10.7. The second-order valence-electron chi connectivity index (χ2n) is 5.48. The van der Waals surface area contributed by atoms with Gasteiger partial charge in [0.25, 0.3) is 0 Å². The van der Waals surface area contributed by atoms with Gasteiger partial charge in [-0.2, -0.15) is 0 Å². The van der Waals surface area contributed by atoms with E-state index in [4.69, 9.17) is 5.73 Å². The van der Waals surface area contributed by atoms with E-state index in [1.807, 2.05) is 0 Å². The first-order chi connectivity index (χ1) is 8.63. The van der Waals surface area contributed by atoms with Gasteiger partial charge in [-0.15, -0.1) is 0 Å². The first-order valence-corrected chi connectivity index (χ1v) is 6.84. The van der Waals surface area contributed by atoms with Crippen LogP contribution in [0.3, 0.4) is 0 Å². The normalized spacial score (nSPS) is 18.8. The van der Waals surface area contributed by atoms with E-state index in [1.54, 1.807) is 0 Å². The summed E-state index contributed by atoms with van der Waals surface area (Å²) in [4.78, 5) is 0. The number of hydrogen-bond donors (Lipinski definition) is 1. The van der Waals surface area contributed by atoms with Crippen molar-refractivity contribution in [2.45, 2.75) is 51.0 Å². The van der Waals surface area contributed by atoms with Crippen LogP contribution < -0.4 is 5.73 Å². The molecule has 1 nitrogen and oxygen atoms in total. The number of benzene rings is 1. The van der Waals surface area contributed by atoms with Gasteiger partial charge in [-0.25, -0.2) is 8.78 Å². The van der Waals surface area contributed by atoms with Crippen molar-refractivity contribution in [3.8, 4) is 0 Å². The van der Waals surface area contributed by atoms with Gasteiger partial charge in [0, 0.05) is 12.1 Å². The van der Waals surface area contributed by atoms with Crippen molar-refractivity contribution < 1.29 is 8.78 Å². The minimum absolute atomic E-state index is 0.00861. The van der Waals surface area contributed by atoms with Crippen molar-refractivity contribution in [3.63, 3.8) is 0 Å². The average Bonchev–Trinajstić information content (AvgIpc) is 2.28. The average molecular weight is 253 g/mol. The van der Waals surface area contributed by atoms with Crippen LogP contribution in [0.2, 0.25) is 0 Å². The van der Waals surface area contributed by atoms with Crippen LogP contribution in [0.5, 0.6) is 0 Å². The van der Waals surface area contributed by atoms with Gasteiger partial charge in [0.1, 0.15) is 11.6 Å². The van der Waals surface area contributed by atoms with Gasteiger partial charge >= 0.3 is 0 Å². The lowest BCUT2D eigenvalue weighted by molar-refractivity contribution is 0.316. The lowest BCUT2D eigenvalue weighted by Crippen LogP contribution is -2.27. The monoisotopic (exact) mass is 253 g/mol. The summed E-state index contributed by atoms with van der Waals surface area (Å²) in [5, 5.41) is 0. The van der Waals surface area contributed by atoms with E-state index in [0.717, 1.165) is 12.5 Å². The minimum Gasteiger partial charge on any atom is -0.327 e. The molecule has 0 radical (unpaired) electrons. The lowest BCUT2D eigenvalue weighted by atomic mass is 9.84. The summed E-state index contributed by atoms with van der Waals surface area (Å²) >= 11 is 0. The van der Waals surface area contributed by atoms with E-state index in [9.17, 15) is 8.78 Å². The predicted molar refractivity (Wildman–Crippen MR) is 69.2 cm³/mol.